The number of carboxylic acids is 1. The standard InChI is InChI=1S/C16H21NO3/c18-15(8-4-7-12-5-2-1-3-6-12)17-14(11-16(19)20)13-9-10-13/h1-3,5-6,13-14H,4,7-11H2,(H,17,18)(H,19,20). The number of rotatable bonds is 8. The number of aryl methyl sites for hydroxylation is 1. The van der Waals surface area contributed by atoms with Crippen LogP contribution in [0.25, 0.3) is 0 Å². The maximum Gasteiger partial charge on any atom is 0.305 e. The Bertz CT molecular complexity index is 454. The van der Waals surface area contributed by atoms with Gasteiger partial charge < -0.3 is 10.4 Å². The largest absolute Gasteiger partial charge is 0.481 e. The van der Waals surface area contributed by atoms with Gasteiger partial charge in [0, 0.05) is 12.5 Å². The maximum atomic E-state index is 11.9. The number of aliphatic carboxylic acids is 1. The number of hydrogen-bond donors (Lipinski definition) is 2. The summed E-state index contributed by atoms with van der Waals surface area (Å²) in [5.74, 6) is -0.505. The van der Waals surface area contributed by atoms with E-state index in [1.165, 1.54) is 5.56 Å². The van der Waals surface area contributed by atoms with E-state index in [0.717, 1.165) is 25.7 Å². The van der Waals surface area contributed by atoms with Gasteiger partial charge in [-0.15, -0.1) is 0 Å². The lowest BCUT2D eigenvalue weighted by molar-refractivity contribution is -0.137. The zero-order chi connectivity index (χ0) is 14.4. The Morgan fingerprint density at radius 2 is 1.95 bits per heavy atom. The van der Waals surface area contributed by atoms with Gasteiger partial charge >= 0.3 is 5.97 Å². The van der Waals surface area contributed by atoms with Crippen LogP contribution in [0.1, 0.15) is 37.7 Å². The Hall–Kier alpha value is -1.84. The summed E-state index contributed by atoms with van der Waals surface area (Å²) < 4.78 is 0. The lowest BCUT2D eigenvalue weighted by Gasteiger charge is -2.16. The Labute approximate surface area is 119 Å². The van der Waals surface area contributed by atoms with Crippen molar-refractivity contribution in [2.45, 2.75) is 44.6 Å². The van der Waals surface area contributed by atoms with Crippen molar-refractivity contribution in [1.82, 2.24) is 5.32 Å². The van der Waals surface area contributed by atoms with Crippen molar-refractivity contribution in [3.05, 3.63) is 35.9 Å². The van der Waals surface area contributed by atoms with E-state index < -0.39 is 5.97 Å². The predicted molar refractivity (Wildman–Crippen MR) is 76.3 cm³/mol. The van der Waals surface area contributed by atoms with Gasteiger partial charge in [-0.3, -0.25) is 9.59 Å². The smallest absolute Gasteiger partial charge is 0.305 e. The second-order valence-electron chi connectivity index (χ2n) is 5.45. The lowest BCUT2D eigenvalue weighted by Crippen LogP contribution is -2.38. The van der Waals surface area contributed by atoms with Crippen LogP contribution in [0, 0.1) is 5.92 Å². The number of carboxylic acid groups (broad SMARTS) is 1. The molecular weight excluding hydrogens is 254 g/mol. The molecule has 0 saturated heterocycles. The van der Waals surface area contributed by atoms with Crippen LogP contribution in [-0.4, -0.2) is 23.0 Å². The number of carbonyl (C=O) groups excluding carboxylic acids is 1. The topological polar surface area (TPSA) is 66.4 Å². The molecule has 1 aromatic carbocycles. The van der Waals surface area contributed by atoms with Crippen molar-refractivity contribution in [2.24, 2.45) is 5.92 Å². The average molecular weight is 275 g/mol. The maximum absolute atomic E-state index is 11.9. The second-order valence-corrected chi connectivity index (χ2v) is 5.45. The summed E-state index contributed by atoms with van der Waals surface area (Å²) in [6.07, 6.45) is 4.22. The highest BCUT2D eigenvalue weighted by molar-refractivity contribution is 5.77. The van der Waals surface area contributed by atoms with Crippen LogP contribution in [0.5, 0.6) is 0 Å². The van der Waals surface area contributed by atoms with E-state index in [1.54, 1.807) is 0 Å². The van der Waals surface area contributed by atoms with Crippen molar-refractivity contribution in [3.63, 3.8) is 0 Å². The van der Waals surface area contributed by atoms with Crippen molar-refractivity contribution in [3.8, 4) is 0 Å². The molecule has 1 saturated carbocycles. The predicted octanol–water partition coefficient (Wildman–Crippen LogP) is 2.38. The average Bonchev–Trinajstić information content (AvgIpc) is 3.23. The van der Waals surface area contributed by atoms with Crippen LogP contribution in [0.4, 0.5) is 0 Å². The Balaban J connectivity index is 1.70. The summed E-state index contributed by atoms with van der Waals surface area (Å²) in [6.45, 7) is 0. The molecular formula is C16H21NO3. The minimum Gasteiger partial charge on any atom is -0.481 e. The van der Waals surface area contributed by atoms with E-state index >= 15 is 0 Å². The highest BCUT2D eigenvalue weighted by Gasteiger charge is 2.33. The lowest BCUT2D eigenvalue weighted by atomic mass is 10.1. The van der Waals surface area contributed by atoms with Gasteiger partial charge in [-0.25, -0.2) is 0 Å². The summed E-state index contributed by atoms with van der Waals surface area (Å²) in [5.41, 5.74) is 1.23. The highest BCUT2D eigenvalue weighted by Crippen LogP contribution is 2.34. The monoisotopic (exact) mass is 275 g/mol. The fourth-order valence-electron chi connectivity index (χ4n) is 2.40. The molecule has 20 heavy (non-hydrogen) atoms. The molecule has 108 valence electrons. The zero-order valence-corrected chi connectivity index (χ0v) is 11.5. The third-order valence-corrected chi connectivity index (χ3v) is 3.64. The second kappa shape index (κ2) is 7.08. The fourth-order valence-corrected chi connectivity index (χ4v) is 2.40. The third kappa shape index (κ3) is 5.03. The van der Waals surface area contributed by atoms with Crippen LogP contribution in [0.2, 0.25) is 0 Å². The van der Waals surface area contributed by atoms with Gasteiger partial charge in [0.15, 0.2) is 0 Å². The van der Waals surface area contributed by atoms with Crippen molar-refractivity contribution < 1.29 is 14.7 Å². The molecule has 0 aromatic heterocycles. The Morgan fingerprint density at radius 3 is 2.55 bits per heavy atom. The Morgan fingerprint density at radius 1 is 1.25 bits per heavy atom. The SMILES string of the molecule is O=C(O)CC(NC(=O)CCCc1ccccc1)C1CC1. The van der Waals surface area contributed by atoms with E-state index in [0.29, 0.717) is 12.3 Å². The van der Waals surface area contributed by atoms with Gasteiger partial charge in [0.05, 0.1) is 6.42 Å². The molecule has 1 aromatic rings. The molecule has 4 nitrogen and oxygen atoms in total. The van der Waals surface area contributed by atoms with Crippen LogP contribution in [0.3, 0.4) is 0 Å². The highest BCUT2D eigenvalue weighted by atomic mass is 16.4. The van der Waals surface area contributed by atoms with Gasteiger partial charge in [0.25, 0.3) is 0 Å². The molecule has 0 heterocycles. The van der Waals surface area contributed by atoms with Crippen LogP contribution < -0.4 is 5.32 Å². The molecule has 1 amide bonds. The first-order chi connectivity index (χ1) is 9.65. The van der Waals surface area contributed by atoms with E-state index in [9.17, 15) is 9.59 Å². The van der Waals surface area contributed by atoms with Crippen LogP contribution in [-0.2, 0) is 16.0 Å². The number of benzene rings is 1. The van der Waals surface area contributed by atoms with Gasteiger partial charge in [-0.1, -0.05) is 30.3 Å². The summed E-state index contributed by atoms with van der Waals surface area (Å²) in [6, 6.07) is 9.88. The van der Waals surface area contributed by atoms with Crippen molar-refractivity contribution in [1.29, 1.82) is 0 Å². The first-order valence-electron chi connectivity index (χ1n) is 7.20. The van der Waals surface area contributed by atoms with Gasteiger partial charge in [-0.05, 0) is 37.2 Å². The number of hydrogen-bond acceptors (Lipinski definition) is 2. The third-order valence-electron chi connectivity index (χ3n) is 3.64. The number of carbonyl (C=O) groups is 2. The molecule has 1 aliphatic rings. The molecule has 0 radical (unpaired) electrons. The molecule has 1 atom stereocenters. The quantitative estimate of drug-likeness (QED) is 0.765. The first kappa shape index (κ1) is 14.6. The van der Waals surface area contributed by atoms with Gasteiger partial charge in [0.2, 0.25) is 5.91 Å². The Kier molecular flexibility index (Phi) is 5.16. The van der Waals surface area contributed by atoms with Crippen molar-refractivity contribution in [2.75, 3.05) is 0 Å². The summed E-state index contributed by atoms with van der Waals surface area (Å²) >= 11 is 0. The molecule has 4 heteroatoms. The summed E-state index contributed by atoms with van der Waals surface area (Å²) in [7, 11) is 0. The van der Waals surface area contributed by atoms with Crippen LogP contribution in [0.15, 0.2) is 30.3 Å². The van der Waals surface area contributed by atoms with Gasteiger partial charge in [0.1, 0.15) is 0 Å². The number of nitrogens with one attached hydrogen (secondary N) is 1. The minimum absolute atomic E-state index is 0.0286. The molecule has 1 unspecified atom stereocenters. The molecule has 0 spiro atoms. The van der Waals surface area contributed by atoms with Crippen LogP contribution >= 0.6 is 0 Å². The minimum atomic E-state index is -0.841. The molecule has 0 bridgehead atoms. The first-order valence-corrected chi connectivity index (χ1v) is 7.20. The molecule has 1 aliphatic carbocycles. The fraction of sp³-hybridized carbons (Fsp3) is 0.500. The van der Waals surface area contributed by atoms with E-state index in [2.05, 4.69) is 17.4 Å². The zero-order valence-electron chi connectivity index (χ0n) is 11.5. The van der Waals surface area contributed by atoms with E-state index in [-0.39, 0.29) is 18.4 Å². The summed E-state index contributed by atoms with van der Waals surface area (Å²) in [4.78, 5) is 22.6. The van der Waals surface area contributed by atoms with E-state index in [1.807, 2.05) is 18.2 Å². The molecule has 2 rings (SSSR count). The summed E-state index contributed by atoms with van der Waals surface area (Å²) in [5, 5.41) is 11.7. The molecule has 0 aliphatic heterocycles. The molecule has 1 fully saturated rings. The van der Waals surface area contributed by atoms with Gasteiger partial charge in [-0.2, -0.15) is 0 Å². The number of amides is 1. The molecule has 2 N–H and O–H groups in total. The van der Waals surface area contributed by atoms with Crippen molar-refractivity contribution >= 4 is 11.9 Å². The van der Waals surface area contributed by atoms with E-state index in [4.69, 9.17) is 5.11 Å². The normalized spacial score (nSPS) is 15.6.